The minimum absolute atomic E-state index is 0.0201. The Morgan fingerprint density at radius 2 is 1.53 bits per heavy atom. The van der Waals surface area contributed by atoms with Crippen LogP contribution in [0.15, 0.2) is 35.2 Å². The number of esters is 3. The smallest absolute Gasteiger partial charge is 0.340 e. The quantitative estimate of drug-likeness (QED) is 0.169. The molecule has 0 amide bonds. The third kappa shape index (κ3) is 4.91. The number of rotatable bonds is 6. The second-order valence-electron chi connectivity index (χ2n) is 13.7. The van der Waals surface area contributed by atoms with Crippen molar-refractivity contribution in [2.45, 2.75) is 61.5 Å². The number of benzene rings is 2. The first-order valence-electron chi connectivity index (χ1n) is 15.3. The van der Waals surface area contributed by atoms with E-state index in [1.54, 1.807) is 6.07 Å². The highest BCUT2D eigenvalue weighted by atomic mass is 127. The molecule has 1 saturated heterocycles. The van der Waals surface area contributed by atoms with Crippen molar-refractivity contribution in [3.8, 4) is 11.5 Å². The standard InChI is InChI=1S/C32H30I2O10S/c33-21-8-16(35)9-22(34)27(21)32(38)44-29-19-11-20-26(31(37)43-28(20)29)25(19)30(36)42-17-1-2-23(45(39,40)41)18(10-17)24-14-4-12-3-13(6-14)7-15(24)5-12/h1-2,8-10,12-15,19-20,24-26,28-29,35H,3-7,11H2,(H,39,40,41). The average Bonchev–Trinajstić information content (AvgIpc) is 3.55. The Balaban J connectivity index is 1.07. The maximum atomic E-state index is 13.8. The lowest BCUT2D eigenvalue weighted by Gasteiger charge is -2.54. The van der Waals surface area contributed by atoms with Crippen LogP contribution in [0.4, 0.5) is 0 Å². The van der Waals surface area contributed by atoms with E-state index in [-0.39, 0.29) is 33.8 Å². The summed E-state index contributed by atoms with van der Waals surface area (Å²) in [5.74, 6) is -2.11. The summed E-state index contributed by atoms with van der Waals surface area (Å²) in [6.07, 6.45) is 4.34. The number of hydrogen-bond donors (Lipinski definition) is 2. The van der Waals surface area contributed by atoms with E-state index in [1.165, 1.54) is 30.7 Å². The molecule has 6 saturated carbocycles. The van der Waals surface area contributed by atoms with E-state index >= 15 is 0 Å². The molecule has 0 aromatic heterocycles. The third-order valence-corrected chi connectivity index (χ3v) is 14.0. The van der Waals surface area contributed by atoms with Gasteiger partial charge in [0.05, 0.1) is 22.3 Å². The molecule has 45 heavy (non-hydrogen) atoms. The second kappa shape index (κ2) is 10.8. The Bertz CT molecular complexity index is 1710. The van der Waals surface area contributed by atoms with Crippen LogP contribution >= 0.6 is 45.2 Å². The van der Waals surface area contributed by atoms with Gasteiger partial charge in [-0.25, -0.2) is 4.79 Å². The molecular weight excluding hydrogens is 830 g/mol. The number of fused-ring (bicyclic) bond motifs is 1. The van der Waals surface area contributed by atoms with Gasteiger partial charge < -0.3 is 19.3 Å². The first-order chi connectivity index (χ1) is 21.4. The van der Waals surface area contributed by atoms with E-state index in [0.717, 1.165) is 25.7 Å². The Hall–Kier alpha value is -1.98. The van der Waals surface area contributed by atoms with Crippen LogP contribution in [0.1, 0.15) is 60.4 Å². The molecule has 2 N–H and O–H groups in total. The Labute approximate surface area is 287 Å². The number of halogens is 2. The summed E-state index contributed by atoms with van der Waals surface area (Å²) in [6, 6.07) is 7.18. The number of carbonyl (C=O) groups excluding carboxylic acids is 3. The van der Waals surface area contributed by atoms with Crippen molar-refractivity contribution in [1.29, 1.82) is 0 Å². The number of aromatic hydroxyl groups is 1. The van der Waals surface area contributed by atoms with Gasteiger partial charge in [-0.05, 0) is 149 Å². The fourth-order valence-electron chi connectivity index (χ4n) is 10.1. The number of carbonyl (C=O) groups is 3. The molecule has 7 fully saturated rings. The van der Waals surface area contributed by atoms with Crippen LogP contribution in [0, 0.1) is 54.5 Å². The molecule has 238 valence electrons. The van der Waals surface area contributed by atoms with Gasteiger partial charge in [-0.3, -0.25) is 14.1 Å². The fraction of sp³-hybridized carbons (Fsp3) is 0.531. The van der Waals surface area contributed by atoms with E-state index in [9.17, 15) is 32.5 Å². The molecule has 13 heteroatoms. The van der Waals surface area contributed by atoms with Gasteiger partial charge in [0.25, 0.3) is 10.1 Å². The molecule has 7 aliphatic rings. The lowest BCUT2D eigenvalue weighted by molar-refractivity contribution is -0.149. The molecule has 9 rings (SSSR count). The molecule has 10 nitrogen and oxygen atoms in total. The zero-order valence-corrected chi connectivity index (χ0v) is 28.9. The number of phenolic OH excluding ortho intramolecular Hbond substituents is 1. The predicted molar refractivity (Wildman–Crippen MR) is 173 cm³/mol. The fourth-order valence-corrected chi connectivity index (χ4v) is 13.0. The van der Waals surface area contributed by atoms with Gasteiger partial charge in [-0.15, -0.1) is 0 Å². The molecule has 1 aliphatic heterocycles. The predicted octanol–water partition coefficient (Wildman–Crippen LogP) is 5.33. The highest BCUT2D eigenvalue weighted by Gasteiger charge is 2.70. The van der Waals surface area contributed by atoms with Crippen LogP contribution in [-0.4, -0.2) is 48.2 Å². The van der Waals surface area contributed by atoms with Crippen molar-refractivity contribution in [2.24, 2.45) is 47.3 Å². The lowest BCUT2D eigenvalue weighted by Crippen LogP contribution is -2.44. The van der Waals surface area contributed by atoms with Crippen LogP contribution in [0.3, 0.4) is 0 Å². The van der Waals surface area contributed by atoms with E-state index in [4.69, 9.17) is 14.2 Å². The van der Waals surface area contributed by atoms with Crippen LogP contribution < -0.4 is 4.74 Å². The minimum Gasteiger partial charge on any atom is -0.508 e. The Kier molecular flexibility index (Phi) is 7.27. The van der Waals surface area contributed by atoms with Crippen molar-refractivity contribution >= 4 is 73.2 Å². The molecular formula is C32H30I2O10S. The molecule has 6 bridgehead atoms. The van der Waals surface area contributed by atoms with E-state index in [0.29, 0.717) is 42.8 Å². The van der Waals surface area contributed by atoms with Gasteiger partial charge in [-0.2, -0.15) is 8.42 Å². The number of hydrogen-bond acceptors (Lipinski definition) is 9. The summed E-state index contributed by atoms with van der Waals surface area (Å²) in [6.45, 7) is 0. The SMILES string of the molecule is O=C(OC1C2CC3C1OC(=O)C3C2C(=O)Oc1ccc(S(=O)(=O)O)c(C2C3CC4CC(C3)CC2C4)c1)c1c(I)cc(O)cc1I. The normalized spacial score (nSPS) is 37.1. The van der Waals surface area contributed by atoms with Crippen LogP contribution in [-0.2, 0) is 29.2 Å². The van der Waals surface area contributed by atoms with E-state index in [1.807, 2.05) is 45.2 Å². The summed E-state index contributed by atoms with van der Waals surface area (Å²) >= 11 is 3.90. The monoisotopic (exact) mass is 860 g/mol. The molecule has 6 unspecified atom stereocenters. The van der Waals surface area contributed by atoms with Crippen LogP contribution in [0.5, 0.6) is 11.5 Å². The topological polar surface area (TPSA) is 153 Å². The molecule has 0 radical (unpaired) electrons. The zero-order valence-electron chi connectivity index (χ0n) is 23.8. The lowest BCUT2D eigenvalue weighted by atomic mass is 9.51. The van der Waals surface area contributed by atoms with Gasteiger partial charge in [0, 0.05) is 19.0 Å². The molecule has 6 aliphatic carbocycles. The third-order valence-electron chi connectivity index (χ3n) is 11.4. The number of ether oxygens (including phenoxy) is 3. The first-order valence-corrected chi connectivity index (χ1v) is 18.9. The minimum atomic E-state index is -4.51. The van der Waals surface area contributed by atoms with Crippen LogP contribution in [0.25, 0.3) is 0 Å². The summed E-state index contributed by atoms with van der Waals surface area (Å²) in [7, 11) is -4.51. The Morgan fingerprint density at radius 1 is 0.889 bits per heavy atom. The molecule has 2 aromatic rings. The molecule has 1 heterocycles. The van der Waals surface area contributed by atoms with E-state index < -0.39 is 58.0 Å². The summed E-state index contributed by atoms with van der Waals surface area (Å²) < 4.78 is 53.6. The summed E-state index contributed by atoms with van der Waals surface area (Å²) in [5.41, 5.74) is 0.780. The summed E-state index contributed by atoms with van der Waals surface area (Å²) in [4.78, 5) is 40.0. The van der Waals surface area contributed by atoms with Gasteiger partial charge in [0.2, 0.25) is 0 Å². The number of phenols is 1. The summed E-state index contributed by atoms with van der Waals surface area (Å²) in [5, 5.41) is 9.89. The molecule has 0 spiro atoms. The second-order valence-corrected chi connectivity index (χ2v) is 17.4. The van der Waals surface area contributed by atoms with Crippen molar-refractivity contribution < 1.29 is 46.7 Å². The van der Waals surface area contributed by atoms with Crippen molar-refractivity contribution in [3.05, 3.63) is 48.6 Å². The van der Waals surface area contributed by atoms with Crippen molar-refractivity contribution in [2.75, 3.05) is 0 Å². The van der Waals surface area contributed by atoms with Crippen molar-refractivity contribution in [1.82, 2.24) is 0 Å². The van der Waals surface area contributed by atoms with Crippen molar-refractivity contribution in [3.63, 3.8) is 0 Å². The first kappa shape index (κ1) is 30.4. The molecule has 6 atom stereocenters. The van der Waals surface area contributed by atoms with E-state index in [2.05, 4.69) is 0 Å². The zero-order chi connectivity index (χ0) is 31.5. The van der Waals surface area contributed by atoms with Crippen LogP contribution in [0.2, 0.25) is 0 Å². The maximum Gasteiger partial charge on any atom is 0.340 e. The van der Waals surface area contributed by atoms with Gasteiger partial charge >= 0.3 is 17.9 Å². The van der Waals surface area contributed by atoms with Gasteiger partial charge in [-0.1, -0.05) is 0 Å². The largest absolute Gasteiger partial charge is 0.508 e. The van der Waals surface area contributed by atoms with Gasteiger partial charge in [0.1, 0.15) is 23.7 Å². The highest BCUT2D eigenvalue weighted by molar-refractivity contribution is 14.1. The maximum absolute atomic E-state index is 13.8. The molecule has 2 aromatic carbocycles. The Morgan fingerprint density at radius 3 is 2.16 bits per heavy atom. The highest BCUT2D eigenvalue weighted by Crippen LogP contribution is 2.61. The van der Waals surface area contributed by atoms with Gasteiger partial charge in [0.15, 0.2) is 0 Å². The average molecular weight is 860 g/mol.